The van der Waals surface area contributed by atoms with Gasteiger partial charge in [-0.2, -0.15) is 9.99 Å². The molecule has 5 atom stereocenters. The largest absolute Gasteiger partial charge is 0.493 e. The molecule has 3 aromatic rings. The first-order valence-electron chi connectivity index (χ1n) is 11.7. The average Bonchev–Trinajstić information content (AvgIpc) is 3.43. The lowest BCUT2D eigenvalue weighted by Gasteiger charge is -2.38. The van der Waals surface area contributed by atoms with E-state index in [-0.39, 0.29) is 0 Å². The highest BCUT2D eigenvalue weighted by atomic mass is 17.2. The molecule has 0 radical (unpaired) electrons. The van der Waals surface area contributed by atoms with Crippen LogP contribution in [0, 0.1) is 6.92 Å². The molecule has 4 N–H and O–H groups in total. The van der Waals surface area contributed by atoms with Crippen LogP contribution in [-0.4, -0.2) is 74.1 Å². The monoisotopic (exact) mass is 486 g/mol. The van der Waals surface area contributed by atoms with E-state index in [1.54, 1.807) is 10.7 Å². The van der Waals surface area contributed by atoms with Gasteiger partial charge < -0.3 is 34.8 Å². The Hall–Kier alpha value is -2.73. The van der Waals surface area contributed by atoms with Gasteiger partial charge in [0, 0.05) is 13.5 Å². The van der Waals surface area contributed by atoms with Crippen molar-refractivity contribution < 1.29 is 39.7 Å². The topological polar surface area (TPSA) is 136 Å². The van der Waals surface area contributed by atoms with Gasteiger partial charge in [0.05, 0.1) is 29.8 Å². The Morgan fingerprint density at radius 1 is 1.11 bits per heavy atom. The first-order chi connectivity index (χ1) is 16.9. The van der Waals surface area contributed by atoms with Crippen LogP contribution in [0.2, 0.25) is 0 Å². The van der Waals surface area contributed by atoms with E-state index in [1.807, 2.05) is 26.1 Å². The fourth-order valence-corrected chi connectivity index (χ4v) is 4.75. The van der Waals surface area contributed by atoms with Crippen molar-refractivity contribution in [2.75, 3.05) is 13.2 Å². The molecule has 2 aliphatic heterocycles. The molecule has 0 aliphatic carbocycles. The minimum atomic E-state index is -1.59. The van der Waals surface area contributed by atoms with Crippen LogP contribution in [0.1, 0.15) is 22.4 Å². The predicted molar refractivity (Wildman–Crippen MR) is 124 cm³/mol. The predicted octanol–water partition coefficient (Wildman–Crippen LogP) is 0.712. The zero-order chi connectivity index (χ0) is 24.7. The number of aromatic nitrogens is 2. The summed E-state index contributed by atoms with van der Waals surface area (Å²) in [6, 6.07) is 10.0. The summed E-state index contributed by atoms with van der Waals surface area (Å²) in [5.41, 5.74) is 4.99. The van der Waals surface area contributed by atoms with Crippen LogP contribution in [-0.2, 0) is 35.9 Å². The second kappa shape index (κ2) is 9.73. The van der Waals surface area contributed by atoms with Crippen LogP contribution in [0.25, 0.3) is 10.9 Å². The Morgan fingerprint density at radius 3 is 2.74 bits per heavy atom. The summed E-state index contributed by atoms with van der Waals surface area (Å²) in [4.78, 5) is 11.0. The van der Waals surface area contributed by atoms with Crippen molar-refractivity contribution in [2.45, 2.75) is 56.9 Å². The molecule has 0 spiro atoms. The molecule has 10 heteroatoms. The maximum absolute atomic E-state index is 10.4. The van der Waals surface area contributed by atoms with Crippen LogP contribution in [0.3, 0.4) is 0 Å². The smallest absolute Gasteiger partial charge is 0.188 e. The van der Waals surface area contributed by atoms with Crippen molar-refractivity contribution in [3.63, 3.8) is 0 Å². The van der Waals surface area contributed by atoms with Crippen molar-refractivity contribution in [1.29, 1.82) is 0 Å². The van der Waals surface area contributed by atoms with Gasteiger partial charge in [0.1, 0.15) is 24.1 Å². The maximum atomic E-state index is 10.4. The van der Waals surface area contributed by atoms with Gasteiger partial charge in [-0.3, -0.25) is 4.68 Å². The van der Waals surface area contributed by atoms with Crippen molar-refractivity contribution in [1.82, 2.24) is 9.78 Å². The van der Waals surface area contributed by atoms with Gasteiger partial charge >= 0.3 is 0 Å². The molecular weight excluding hydrogens is 456 g/mol. The average molecular weight is 487 g/mol. The minimum Gasteiger partial charge on any atom is -0.493 e. The summed E-state index contributed by atoms with van der Waals surface area (Å²) >= 11 is 0. The van der Waals surface area contributed by atoms with E-state index in [0.717, 1.165) is 47.4 Å². The van der Waals surface area contributed by atoms with Crippen molar-refractivity contribution in [3.05, 3.63) is 52.7 Å². The van der Waals surface area contributed by atoms with Gasteiger partial charge in [0.25, 0.3) is 0 Å². The Balaban J connectivity index is 1.37. The van der Waals surface area contributed by atoms with Crippen LogP contribution >= 0.6 is 0 Å². The molecule has 5 rings (SSSR count). The van der Waals surface area contributed by atoms with E-state index in [1.165, 1.54) is 11.1 Å². The standard InChI is InChI=1S/C25H30N2O8/c1-13-9-17-21(19(10-13)34-35-24-23(30)22(29)20(12-28)33-25(24)31)16(26-27(17)2)5-3-14-4-6-18-15(11-14)7-8-32-18/h4,6,9-11,20,22-25,28-31H,3,5,7-8,12H2,1-2H3/t20-,22-,23+,24-,25-/m1/s1. The van der Waals surface area contributed by atoms with E-state index in [2.05, 4.69) is 12.1 Å². The van der Waals surface area contributed by atoms with Crippen molar-refractivity contribution in [2.24, 2.45) is 7.05 Å². The molecular formula is C25H30N2O8. The number of fused-ring (bicyclic) bond motifs is 2. The van der Waals surface area contributed by atoms with Gasteiger partial charge in [-0.25, -0.2) is 0 Å². The van der Waals surface area contributed by atoms with Crippen LogP contribution in [0.15, 0.2) is 30.3 Å². The fraction of sp³-hybridized carbons (Fsp3) is 0.480. The number of benzene rings is 2. The lowest BCUT2D eigenvalue weighted by Crippen LogP contribution is -2.59. The highest BCUT2D eigenvalue weighted by molar-refractivity contribution is 5.89. The number of nitrogens with zero attached hydrogens (tertiary/aromatic N) is 2. The number of ether oxygens (including phenoxy) is 2. The van der Waals surface area contributed by atoms with Gasteiger partial charge in [0.2, 0.25) is 0 Å². The molecule has 0 bridgehead atoms. The first kappa shape index (κ1) is 24.0. The second-order valence-corrected chi connectivity index (χ2v) is 9.14. The summed E-state index contributed by atoms with van der Waals surface area (Å²) in [7, 11) is 1.86. The van der Waals surface area contributed by atoms with Gasteiger partial charge in [-0.05, 0) is 54.7 Å². The Labute approximate surface area is 202 Å². The molecule has 0 unspecified atom stereocenters. The normalized spacial score (nSPS) is 26.1. The molecule has 188 valence electrons. The zero-order valence-corrected chi connectivity index (χ0v) is 19.6. The molecule has 10 nitrogen and oxygen atoms in total. The third-order valence-electron chi connectivity index (χ3n) is 6.63. The van der Waals surface area contributed by atoms with E-state index in [4.69, 9.17) is 24.3 Å². The Bertz CT molecular complexity index is 1210. The third-order valence-corrected chi connectivity index (χ3v) is 6.63. The van der Waals surface area contributed by atoms with Gasteiger partial charge in [-0.15, -0.1) is 0 Å². The Morgan fingerprint density at radius 2 is 1.94 bits per heavy atom. The zero-order valence-electron chi connectivity index (χ0n) is 19.6. The number of hydrogen-bond donors (Lipinski definition) is 4. The number of aliphatic hydroxyl groups is 4. The molecule has 2 aromatic carbocycles. The Kier molecular flexibility index (Phi) is 6.67. The molecule has 0 saturated carbocycles. The van der Waals surface area contributed by atoms with Gasteiger partial charge in [-0.1, -0.05) is 12.1 Å². The quantitative estimate of drug-likeness (QED) is 0.281. The van der Waals surface area contributed by atoms with Crippen LogP contribution in [0.4, 0.5) is 0 Å². The van der Waals surface area contributed by atoms with Crippen molar-refractivity contribution >= 4 is 10.9 Å². The molecule has 0 amide bonds. The molecule has 2 aliphatic rings. The summed E-state index contributed by atoms with van der Waals surface area (Å²) in [5, 5.41) is 45.4. The van der Waals surface area contributed by atoms with Crippen molar-refractivity contribution in [3.8, 4) is 11.5 Å². The van der Waals surface area contributed by atoms with E-state index in [0.29, 0.717) is 12.2 Å². The summed E-state index contributed by atoms with van der Waals surface area (Å²) in [6.07, 6.45) is -4.71. The summed E-state index contributed by atoms with van der Waals surface area (Å²) in [5.74, 6) is 1.33. The molecule has 3 heterocycles. The third kappa shape index (κ3) is 4.61. The molecule has 1 saturated heterocycles. The van der Waals surface area contributed by atoms with E-state index < -0.39 is 37.3 Å². The van der Waals surface area contributed by atoms with E-state index >= 15 is 0 Å². The highest BCUT2D eigenvalue weighted by Gasteiger charge is 2.45. The fourth-order valence-electron chi connectivity index (χ4n) is 4.75. The second-order valence-electron chi connectivity index (χ2n) is 9.14. The lowest BCUT2D eigenvalue weighted by atomic mass is 9.99. The first-order valence-corrected chi connectivity index (χ1v) is 11.7. The van der Waals surface area contributed by atoms with Crippen LogP contribution < -0.4 is 9.62 Å². The highest BCUT2D eigenvalue weighted by Crippen LogP contribution is 2.33. The number of rotatable bonds is 7. The molecule has 1 aromatic heterocycles. The number of hydrogen-bond acceptors (Lipinski definition) is 9. The van der Waals surface area contributed by atoms with E-state index in [9.17, 15) is 20.4 Å². The van der Waals surface area contributed by atoms with Gasteiger partial charge in [0.15, 0.2) is 18.1 Å². The summed E-state index contributed by atoms with van der Waals surface area (Å²) < 4.78 is 12.5. The number of aryl methyl sites for hydroxylation is 4. The molecule has 35 heavy (non-hydrogen) atoms. The lowest BCUT2D eigenvalue weighted by molar-refractivity contribution is -0.364. The maximum Gasteiger partial charge on any atom is 0.188 e. The summed E-state index contributed by atoms with van der Waals surface area (Å²) in [6.45, 7) is 2.07. The van der Waals surface area contributed by atoms with Crippen LogP contribution in [0.5, 0.6) is 11.5 Å². The SMILES string of the molecule is Cc1cc(OO[C@@H]2[C@@H](O)[C@H](O)[C@@H](CO)O[C@H]2O)c2c(CCc3ccc4c(c3)CCO4)nn(C)c2c1. The number of aliphatic hydroxyl groups excluding tert-OH is 4. The molecule has 1 fully saturated rings. The minimum absolute atomic E-state index is 0.378.